The molecule has 9 heteroatoms. The molecule has 0 spiro atoms. The first-order chi connectivity index (χ1) is 17.5. The van der Waals surface area contributed by atoms with Gasteiger partial charge in [0.05, 0.1) is 17.3 Å². The van der Waals surface area contributed by atoms with Crippen molar-refractivity contribution in [2.24, 2.45) is 0 Å². The number of fused-ring (bicyclic) bond motifs is 2. The van der Waals surface area contributed by atoms with Crippen LogP contribution in [0, 0.1) is 5.82 Å². The van der Waals surface area contributed by atoms with Crippen LogP contribution in [0.15, 0.2) is 61.2 Å². The van der Waals surface area contributed by atoms with Gasteiger partial charge in [-0.25, -0.2) is 14.4 Å². The topological polar surface area (TPSA) is 84.7 Å². The van der Waals surface area contributed by atoms with Crippen molar-refractivity contribution < 1.29 is 9.50 Å². The van der Waals surface area contributed by atoms with Gasteiger partial charge in [-0.3, -0.25) is 9.30 Å². The van der Waals surface area contributed by atoms with Gasteiger partial charge >= 0.3 is 0 Å². The lowest BCUT2D eigenvalue weighted by molar-refractivity contribution is 0.209. The number of H-pyrrole nitrogens is 1. The summed E-state index contributed by atoms with van der Waals surface area (Å²) in [5.41, 5.74) is 4.11. The van der Waals surface area contributed by atoms with Gasteiger partial charge in [0.15, 0.2) is 17.3 Å². The molecule has 36 heavy (non-hydrogen) atoms. The van der Waals surface area contributed by atoms with Gasteiger partial charge in [-0.15, -0.1) is 0 Å². The monoisotopic (exact) mass is 485 g/mol. The lowest BCUT2D eigenvalue weighted by Gasteiger charge is -2.38. The first-order valence-electron chi connectivity index (χ1n) is 12.2. The highest BCUT2D eigenvalue weighted by molar-refractivity contribution is 5.91. The third kappa shape index (κ3) is 3.91. The Bertz CT molecular complexity index is 1530. The minimum atomic E-state index is -0.498. The van der Waals surface area contributed by atoms with Crippen molar-refractivity contribution in [3.05, 3.63) is 67.0 Å². The second-order valence-electron chi connectivity index (χ2n) is 9.46. The third-order valence-electron chi connectivity index (χ3n) is 6.99. The standard InChI is InChI=1S/C27H28FN7O/c1-17(2)33-9-11-34(12-10-33)21-5-3-20(4-6-21)32-25-26-29-7-8-35(26)23(16-30-25)18-13-19-15-31-27(36)24(19)22(28)14-18/h3-8,13-17,31,36H,9-12H2,1-2H3,(H,30,32). The zero-order valence-electron chi connectivity index (χ0n) is 20.2. The largest absolute Gasteiger partial charge is 0.494 e. The number of hydrogen-bond acceptors (Lipinski definition) is 6. The van der Waals surface area contributed by atoms with Crippen LogP contribution in [0.1, 0.15) is 13.8 Å². The highest BCUT2D eigenvalue weighted by Crippen LogP contribution is 2.33. The summed E-state index contributed by atoms with van der Waals surface area (Å²) < 4.78 is 16.6. The highest BCUT2D eigenvalue weighted by atomic mass is 19.1. The summed E-state index contributed by atoms with van der Waals surface area (Å²) in [5.74, 6) is -0.0614. The van der Waals surface area contributed by atoms with Crippen molar-refractivity contribution in [3.63, 3.8) is 0 Å². The molecule has 1 saturated heterocycles. The first-order valence-corrected chi connectivity index (χ1v) is 12.2. The molecule has 0 bridgehead atoms. The van der Waals surface area contributed by atoms with E-state index < -0.39 is 5.82 Å². The number of rotatable bonds is 5. The molecule has 0 radical (unpaired) electrons. The predicted molar refractivity (Wildman–Crippen MR) is 141 cm³/mol. The minimum Gasteiger partial charge on any atom is -0.494 e. The van der Waals surface area contributed by atoms with Crippen LogP contribution >= 0.6 is 0 Å². The molecule has 4 heterocycles. The number of hydrogen-bond donors (Lipinski definition) is 3. The Hall–Kier alpha value is -4.11. The Kier molecular flexibility index (Phi) is 5.49. The lowest BCUT2D eigenvalue weighted by atomic mass is 10.1. The number of nitrogens with zero attached hydrogens (tertiary/aromatic N) is 5. The van der Waals surface area contributed by atoms with Crippen molar-refractivity contribution in [1.82, 2.24) is 24.3 Å². The van der Waals surface area contributed by atoms with E-state index in [-0.39, 0.29) is 11.3 Å². The van der Waals surface area contributed by atoms with Crippen LogP contribution in [-0.2, 0) is 0 Å². The molecule has 0 saturated carbocycles. The van der Waals surface area contributed by atoms with E-state index in [2.05, 4.69) is 68.2 Å². The molecule has 1 aliphatic heterocycles. The molecule has 1 aliphatic rings. The van der Waals surface area contributed by atoms with E-state index in [0.717, 1.165) is 31.9 Å². The maximum atomic E-state index is 14.7. The van der Waals surface area contributed by atoms with Crippen molar-refractivity contribution in [2.45, 2.75) is 19.9 Å². The number of anilines is 3. The number of nitrogens with one attached hydrogen (secondary N) is 2. The SMILES string of the molecule is CC(C)N1CCN(c2ccc(Nc3ncc(-c4cc(F)c5c(O)[nH]cc5c4)n4ccnc34)cc2)CC1. The number of imidazole rings is 1. The van der Waals surface area contributed by atoms with Gasteiger partial charge < -0.3 is 20.3 Å². The van der Waals surface area contributed by atoms with Gasteiger partial charge in [-0.2, -0.15) is 0 Å². The predicted octanol–water partition coefficient (Wildman–Crippen LogP) is 5.00. The summed E-state index contributed by atoms with van der Waals surface area (Å²) in [6, 6.07) is 12.2. The Labute approximate surface area is 208 Å². The number of benzene rings is 2. The number of aromatic amines is 1. The summed E-state index contributed by atoms with van der Waals surface area (Å²) in [4.78, 5) is 16.7. The zero-order chi connectivity index (χ0) is 24.8. The molecule has 0 atom stereocenters. The molecule has 0 unspecified atom stereocenters. The van der Waals surface area contributed by atoms with Gasteiger partial charge in [-0.1, -0.05) is 0 Å². The quantitative estimate of drug-likeness (QED) is 0.325. The Morgan fingerprint density at radius 1 is 1.06 bits per heavy atom. The maximum Gasteiger partial charge on any atom is 0.199 e. The van der Waals surface area contributed by atoms with E-state index in [1.54, 1.807) is 18.6 Å². The molecule has 8 nitrogen and oxygen atoms in total. The molecule has 2 aromatic carbocycles. The van der Waals surface area contributed by atoms with E-state index in [4.69, 9.17) is 0 Å². The van der Waals surface area contributed by atoms with Crippen LogP contribution in [0.3, 0.4) is 0 Å². The normalized spacial score (nSPS) is 14.8. The lowest BCUT2D eigenvalue weighted by Crippen LogP contribution is -2.48. The van der Waals surface area contributed by atoms with Crippen LogP contribution in [0.25, 0.3) is 27.7 Å². The van der Waals surface area contributed by atoms with E-state index in [1.807, 2.05) is 16.7 Å². The van der Waals surface area contributed by atoms with E-state index >= 15 is 0 Å². The summed E-state index contributed by atoms with van der Waals surface area (Å²) in [7, 11) is 0. The van der Waals surface area contributed by atoms with E-state index in [0.29, 0.717) is 34.2 Å². The Morgan fingerprint density at radius 2 is 1.83 bits per heavy atom. The molecular formula is C27H28FN7O. The van der Waals surface area contributed by atoms with Gasteiger partial charge in [0, 0.05) is 73.1 Å². The number of aromatic hydroxyl groups is 1. The van der Waals surface area contributed by atoms with Crippen molar-refractivity contribution in [3.8, 4) is 17.1 Å². The Balaban J connectivity index is 1.25. The average molecular weight is 486 g/mol. The van der Waals surface area contributed by atoms with Crippen molar-refractivity contribution >= 4 is 33.6 Å². The molecule has 3 aromatic heterocycles. The van der Waals surface area contributed by atoms with Gasteiger partial charge in [0.25, 0.3) is 0 Å². The fourth-order valence-corrected chi connectivity index (χ4v) is 4.97. The van der Waals surface area contributed by atoms with Crippen molar-refractivity contribution in [2.75, 3.05) is 36.4 Å². The molecule has 1 fully saturated rings. The molecule has 6 rings (SSSR count). The molecular weight excluding hydrogens is 457 g/mol. The van der Waals surface area contributed by atoms with Crippen LogP contribution < -0.4 is 10.2 Å². The molecule has 3 N–H and O–H groups in total. The summed E-state index contributed by atoms with van der Waals surface area (Å²) >= 11 is 0. The summed E-state index contributed by atoms with van der Waals surface area (Å²) in [6.45, 7) is 8.70. The average Bonchev–Trinajstić information content (AvgIpc) is 3.52. The van der Waals surface area contributed by atoms with Gasteiger partial charge in [0.1, 0.15) is 5.82 Å². The fourth-order valence-electron chi connectivity index (χ4n) is 4.97. The van der Waals surface area contributed by atoms with E-state index in [1.165, 1.54) is 11.8 Å². The smallest absolute Gasteiger partial charge is 0.199 e. The van der Waals surface area contributed by atoms with Crippen LogP contribution in [-0.4, -0.2) is 61.6 Å². The fraction of sp³-hybridized carbons (Fsp3) is 0.259. The third-order valence-corrected chi connectivity index (χ3v) is 6.99. The highest BCUT2D eigenvalue weighted by Gasteiger charge is 2.19. The van der Waals surface area contributed by atoms with Gasteiger partial charge in [-0.05, 0) is 50.2 Å². The number of piperazine rings is 1. The second-order valence-corrected chi connectivity index (χ2v) is 9.46. The van der Waals surface area contributed by atoms with Gasteiger partial charge in [0.2, 0.25) is 0 Å². The maximum absolute atomic E-state index is 14.7. The second kappa shape index (κ2) is 8.83. The molecule has 0 aliphatic carbocycles. The molecule has 0 amide bonds. The van der Waals surface area contributed by atoms with Crippen LogP contribution in [0.5, 0.6) is 5.88 Å². The van der Waals surface area contributed by atoms with Crippen LogP contribution in [0.4, 0.5) is 21.6 Å². The number of halogens is 1. The van der Waals surface area contributed by atoms with E-state index in [9.17, 15) is 9.50 Å². The number of aromatic nitrogens is 4. The van der Waals surface area contributed by atoms with Crippen LogP contribution in [0.2, 0.25) is 0 Å². The zero-order valence-corrected chi connectivity index (χ0v) is 20.2. The molecule has 184 valence electrons. The minimum absolute atomic E-state index is 0.177. The molecule has 5 aromatic rings. The summed E-state index contributed by atoms with van der Waals surface area (Å²) in [5, 5.41) is 14.0. The summed E-state index contributed by atoms with van der Waals surface area (Å²) in [6.07, 6.45) is 6.81. The Morgan fingerprint density at radius 3 is 2.58 bits per heavy atom. The van der Waals surface area contributed by atoms with Crippen molar-refractivity contribution in [1.29, 1.82) is 0 Å². The first kappa shape index (κ1) is 22.4.